The number of methoxy groups -OCH3 is 1. The predicted octanol–water partition coefficient (Wildman–Crippen LogP) is 3.23. The molecule has 1 N–H and O–H groups in total. The molecule has 0 spiro atoms. The highest BCUT2D eigenvalue weighted by molar-refractivity contribution is 5.42. The lowest BCUT2D eigenvalue weighted by Crippen LogP contribution is -2.20. The zero-order valence-electron chi connectivity index (χ0n) is 12.0. The molecule has 0 fully saturated rings. The van der Waals surface area contributed by atoms with Gasteiger partial charge in [-0.05, 0) is 37.1 Å². The standard InChI is InChI=1S/C15H25NO2/c1-5-12(3)10-16-11-13-7-8-14(17-4)15(9-13)18-6-2/h7-9,12,16H,5-6,10-11H2,1-4H3. The van der Waals surface area contributed by atoms with E-state index >= 15 is 0 Å². The van der Waals surface area contributed by atoms with Crippen molar-refractivity contribution < 1.29 is 9.47 Å². The van der Waals surface area contributed by atoms with Crippen molar-refractivity contribution in [3.05, 3.63) is 23.8 Å². The first-order chi connectivity index (χ1) is 8.71. The van der Waals surface area contributed by atoms with Crippen LogP contribution in [0.4, 0.5) is 0 Å². The van der Waals surface area contributed by atoms with E-state index in [2.05, 4.69) is 25.2 Å². The van der Waals surface area contributed by atoms with Crippen LogP contribution in [0.3, 0.4) is 0 Å². The molecular formula is C15H25NO2. The third-order valence-electron chi connectivity index (χ3n) is 3.05. The van der Waals surface area contributed by atoms with E-state index in [9.17, 15) is 0 Å². The SMILES string of the molecule is CCOc1cc(CNCC(C)CC)ccc1OC. The highest BCUT2D eigenvalue weighted by Gasteiger charge is 2.05. The Morgan fingerprint density at radius 2 is 2.00 bits per heavy atom. The van der Waals surface area contributed by atoms with Crippen molar-refractivity contribution in [3.8, 4) is 11.5 Å². The van der Waals surface area contributed by atoms with Gasteiger partial charge >= 0.3 is 0 Å². The summed E-state index contributed by atoms with van der Waals surface area (Å²) in [4.78, 5) is 0. The Morgan fingerprint density at radius 3 is 2.61 bits per heavy atom. The first-order valence-corrected chi connectivity index (χ1v) is 6.71. The summed E-state index contributed by atoms with van der Waals surface area (Å²) >= 11 is 0. The average molecular weight is 251 g/mol. The van der Waals surface area contributed by atoms with E-state index in [0.717, 1.165) is 30.5 Å². The highest BCUT2D eigenvalue weighted by Crippen LogP contribution is 2.27. The van der Waals surface area contributed by atoms with Crippen LogP contribution in [0.2, 0.25) is 0 Å². The summed E-state index contributed by atoms with van der Waals surface area (Å²) in [6, 6.07) is 6.09. The third kappa shape index (κ3) is 4.57. The number of nitrogens with one attached hydrogen (secondary N) is 1. The van der Waals surface area contributed by atoms with Gasteiger partial charge in [-0.15, -0.1) is 0 Å². The molecule has 3 heteroatoms. The van der Waals surface area contributed by atoms with Gasteiger partial charge in [0, 0.05) is 6.54 Å². The number of hydrogen-bond donors (Lipinski definition) is 1. The molecule has 102 valence electrons. The molecule has 0 aliphatic heterocycles. The first kappa shape index (κ1) is 14.8. The normalized spacial score (nSPS) is 12.2. The van der Waals surface area contributed by atoms with Gasteiger partial charge in [-0.1, -0.05) is 26.3 Å². The average Bonchev–Trinajstić information content (AvgIpc) is 2.39. The van der Waals surface area contributed by atoms with Crippen molar-refractivity contribution in [3.63, 3.8) is 0 Å². The number of hydrogen-bond acceptors (Lipinski definition) is 3. The van der Waals surface area contributed by atoms with Crippen LogP contribution in [0.5, 0.6) is 11.5 Å². The Bertz CT molecular complexity index is 352. The summed E-state index contributed by atoms with van der Waals surface area (Å²) in [5, 5.41) is 3.46. The molecule has 0 aromatic heterocycles. The molecule has 18 heavy (non-hydrogen) atoms. The van der Waals surface area contributed by atoms with Crippen molar-refractivity contribution >= 4 is 0 Å². The van der Waals surface area contributed by atoms with Gasteiger partial charge in [0.05, 0.1) is 13.7 Å². The minimum atomic E-state index is 0.653. The van der Waals surface area contributed by atoms with Crippen molar-refractivity contribution in [2.24, 2.45) is 5.92 Å². The Morgan fingerprint density at radius 1 is 1.22 bits per heavy atom. The molecule has 1 rings (SSSR count). The molecular weight excluding hydrogens is 226 g/mol. The Hall–Kier alpha value is -1.22. The lowest BCUT2D eigenvalue weighted by atomic mass is 10.1. The zero-order chi connectivity index (χ0) is 13.4. The van der Waals surface area contributed by atoms with Gasteiger partial charge < -0.3 is 14.8 Å². The van der Waals surface area contributed by atoms with Crippen LogP contribution in [0, 0.1) is 5.92 Å². The molecule has 0 radical (unpaired) electrons. The van der Waals surface area contributed by atoms with Gasteiger partial charge in [0.2, 0.25) is 0 Å². The molecule has 0 heterocycles. The van der Waals surface area contributed by atoms with Crippen LogP contribution in [0.25, 0.3) is 0 Å². The van der Waals surface area contributed by atoms with Crippen molar-refractivity contribution in [2.45, 2.75) is 33.7 Å². The van der Waals surface area contributed by atoms with Crippen molar-refractivity contribution in [1.82, 2.24) is 5.32 Å². The second kappa shape index (κ2) is 7.98. The van der Waals surface area contributed by atoms with E-state index in [1.807, 2.05) is 19.1 Å². The van der Waals surface area contributed by atoms with Gasteiger partial charge in [0.15, 0.2) is 11.5 Å². The maximum absolute atomic E-state index is 5.56. The van der Waals surface area contributed by atoms with E-state index in [1.165, 1.54) is 12.0 Å². The predicted molar refractivity (Wildman–Crippen MR) is 75.3 cm³/mol. The first-order valence-electron chi connectivity index (χ1n) is 6.71. The van der Waals surface area contributed by atoms with E-state index in [-0.39, 0.29) is 0 Å². The molecule has 0 aliphatic rings. The summed E-state index contributed by atoms with van der Waals surface area (Å²) in [6.45, 7) is 9.02. The van der Waals surface area contributed by atoms with Gasteiger partial charge in [-0.3, -0.25) is 0 Å². The lowest BCUT2D eigenvalue weighted by Gasteiger charge is -2.13. The van der Waals surface area contributed by atoms with Gasteiger partial charge in [-0.2, -0.15) is 0 Å². The molecule has 0 saturated carbocycles. The fourth-order valence-corrected chi connectivity index (χ4v) is 1.71. The molecule has 1 aromatic rings. The zero-order valence-corrected chi connectivity index (χ0v) is 12.0. The Balaban J connectivity index is 2.58. The van der Waals surface area contributed by atoms with E-state index in [4.69, 9.17) is 9.47 Å². The molecule has 1 unspecified atom stereocenters. The highest BCUT2D eigenvalue weighted by atomic mass is 16.5. The molecule has 3 nitrogen and oxygen atoms in total. The minimum Gasteiger partial charge on any atom is -0.493 e. The summed E-state index contributed by atoms with van der Waals surface area (Å²) in [6.07, 6.45) is 1.21. The van der Waals surface area contributed by atoms with E-state index in [1.54, 1.807) is 7.11 Å². The van der Waals surface area contributed by atoms with E-state index < -0.39 is 0 Å². The molecule has 0 bridgehead atoms. The second-order valence-electron chi connectivity index (χ2n) is 4.56. The Kier molecular flexibility index (Phi) is 6.58. The largest absolute Gasteiger partial charge is 0.493 e. The third-order valence-corrected chi connectivity index (χ3v) is 3.05. The number of rotatable bonds is 8. The van der Waals surface area contributed by atoms with Crippen molar-refractivity contribution in [1.29, 1.82) is 0 Å². The number of benzene rings is 1. The Labute approximate surface area is 110 Å². The van der Waals surface area contributed by atoms with Crippen LogP contribution in [-0.4, -0.2) is 20.3 Å². The summed E-state index contributed by atoms with van der Waals surface area (Å²) in [5.41, 5.74) is 1.22. The van der Waals surface area contributed by atoms with Gasteiger partial charge in [0.25, 0.3) is 0 Å². The van der Waals surface area contributed by atoms with Gasteiger partial charge in [-0.25, -0.2) is 0 Å². The second-order valence-corrected chi connectivity index (χ2v) is 4.56. The van der Waals surface area contributed by atoms with E-state index in [0.29, 0.717) is 6.61 Å². The lowest BCUT2D eigenvalue weighted by molar-refractivity contribution is 0.310. The van der Waals surface area contributed by atoms with Crippen LogP contribution in [-0.2, 0) is 6.54 Å². The molecule has 1 atom stereocenters. The quantitative estimate of drug-likeness (QED) is 0.769. The molecule has 0 aliphatic carbocycles. The summed E-state index contributed by atoms with van der Waals surface area (Å²) in [5.74, 6) is 2.33. The van der Waals surface area contributed by atoms with Crippen molar-refractivity contribution in [2.75, 3.05) is 20.3 Å². The van der Waals surface area contributed by atoms with Crippen LogP contribution in [0.1, 0.15) is 32.8 Å². The molecule has 1 aromatic carbocycles. The molecule has 0 amide bonds. The van der Waals surface area contributed by atoms with Crippen LogP contribution < -0.4 is 14.8 Å². The minimum absolute atomic E-state index is 0.653. The maximum atomic E-state index is 5.56. The van der Waals surface area contributed by atoms with Crippen LogP contribution >= 0.6 is 0 Å². The summed E-state index contributed by atoms with van der Waals surface area (Å²) < 4.78 is 10.8. The topological polar surface area (TPSA) is 30.5 Å². The smallest absolute Gasteiger partial charge is 0.161 e. The van der Waals surface area contributed by atoms with Crippen LogP contribution in [0.15, 0.2) is 18.2 Å². The monoisotopic (exact) mass is 251 g/mol. The summed E-state index contributed by atoms with van der Waals surface area (Å²) in [7, 11) is 1.67. The fourth-order valence-electron chi connectivity index (χ4n) is 1.71. The molecule has 0 saturated heterocycles. The number of ether oxygens (including phenoxy) is 2. The van der Waals surface area contributed by atoms with Gasteiger partial charge in [0.1, 0.15) is 0 Å². The fraction of sp³-hybridized carbons (Fsp3) is 0.600. The maximum Gasteiger partial charge on any atom is 0.161 e.